The Kier molecular flexibility index (Phi) is 8.28. The van der Waals surface area contributed by atoms with Gasteiger partial charge in [0.1, 0.15) is 22.6 Å². The standard InChI is InChI=1S/C59H41N5O/c1-59(2)49-26-13-12-24-44(49)46-35-47-45-33-38(28-30-50(45)64(58(47)60-54(46)59)42-22-10-5-11-23-42)39-29-31-51-48(34-39)53-43(25-15-27-52(53)65-51)40-20-14-21-41(32-40)57-62-55(36-16-6-3-7-17-36)61-56(63-57)37-18-8-4-9-19-37/h3-18,20-35,37H,19H2,1-2H3. The van der Waals surface area contributed by atoms with Crippen LogP contribution < -0.4 is 0 Å². The molecule has 308 valence electrons. The third-order valence-corrected chi connectivity index (χ3v) is 13.5. The molecule has 0 bridgehead atoms. The minimum atomic E-state index is -0.210. The molecule has 0 N–H and O–H groups in total. The molecule has 0 saturated carbocycles. The predicted molar refractivity (Wildman–Crippen MR) is 264 cm³/mol. The van der Waals surface area contributed by atoms with Crippen LogP contribution in [0.4, 0.5) is 0 Å². The quantitative estimate of drug-likeness (QED) is 0.167. The molecule has 2 aliphatic rings. The van der Waals surface area contributed by atoms with Crippen LogP contribution in [0.25, 0.3) is 106 Å². The summed E-state index contributed by atoms with van der Waals surface area (Å²) in [7, 11) is 0. The lowest BCUT2D eigenvalue weighted by Crippen LogP contribution is -2.17. The molecule has 0 amide bonds. The van der Waals surface area contributed by atoms with Gasteiger partial charge < -0.3 is 4.42 Å². The summed E-state index contributed by atoms with van der Waals surface area (Å²) >= 11 is 0. The highest BCUT2D eigenvalue weighted by Gasteiger charge is 2.38. The summed E-state index contributed by atoms with van der Waals surface area (Å²) in [5, 5.41) is 4.45. The van der Waals surface area contributed by atoms with Crippen molar-refractivity contribution in [2.24, 2.45) is 0 Å². The topological polar surface area (TPSA) is 69.6 Å². The Hall–Kier alpha value is -8.22. The van der Waals surface area contributed by atoms with Gasteiger partial charge in [-0.25, -0.2) is 19.9 Å². The van der Waals surface area contributed by atoms with Crippen LogP contribution in [0, 0.1) is 0 Å². The lowest BCUT2D eigenvalue weighted by Gasteiger charge is -2.20. The molecule has 65 heavy (non-hydrogen) atoms. The summed E-state index contributed by atoms with van der Waals surface area (Å²) in [5.74, 6) is 2.18. The van der Waals surface area contributed by atoms with Crippen molar-refractivity contribution in [2.75, 3.05) is 0 Å². The first-order valence-corrected chi connectivity index (χ1v) is 22.3. The number of hydrogen-bond acceptors (Lipinski definition) is 5. The van der Waals surface area contributed by atoms with Crippen molar-refractivity contribution in [2.45, 2.75) is 31.6 Å². The highest BCUT2D eigenvalue weighted by atomic mass is 16.3. The van der Waals surface area contributed by atoms with Crippen LogP contribution in [-0.4, -0.2) is 24.5 Å². The lowest BCUT2D eigenvalue weighted by molar-refractivity contribution is 0.639. The minimum absolute atomic E-state index is 0.0816. The first-order valence-electron chi connectivity index (χ1n) is 22.3. The minimum Gasteiger partial charge on any atom is -0.456 e. The zero-order valence-electron chi connectivity index (χ0n) is 35.9. The Balaban J connectivity index is 0.950. The van der Waals surface area contributed by atoms with Crippen LogP contribution in [0.3, 0.4) is 0 Å². The lowest BCUT2D eigenvalue weighted by atomic mass is 9.85. The Morgan fingerprint density at radius 3 is 2.06 bits per heavy atom. The molecule has 11 aromatic rings. The van der Waals surface area contributed by atoms with Crippen LogP contribution in [0.1, 0.15) is 43.3 Å². The summed E-state index contributed by atoms with van der Waals surface area (Å²) in [6.45, 7) is 4.59. The molecule has 0 spiro atoms. The van der Waals surface area contributed by atoms with Crippen molar-refractivity contribution in [3.8, 4) is 61.8 Å². The number of benzene rings is 7. The zero-order valence-corrected chi connectivity index (χ0v) is 35.9. The zero-order chi connectivity index (χ0) is 43.2. The summed E-state index contributed by atoms with van der Waals surface area (Å²) in [5.41, 5.74) is 15.9. The average Bonchev–Trinajstić information content (AvgIpc) is 3.98. The van der Waals surface area contributed by atoms with Gasteiger partial charge in [-0.2, -0.15) is 0 Å². The number of para-hydroxylation sites is 1. The average molecular weight is 836 g/mol. The smallest absolute Gasteiger partial charge is 0.163 e. The fourth-order valence-corrected chi connectivity index (χ4v) is 10.3. The largest absolute Gasteiger partial charge is 0.456 e. The van der Waals surface area contributed by atoms with E-state index in [1.807, 2.05) is 18.2 Å². The second kappa shape index (κ2) is 14.4. The molecule has 1 atom stereocenters. The summed E-state index contributed by atoms with van der Waals surface area (Å²) in [6, 6.07) is 60.2. The SMILES string of the molecule is CC1(C)c2ccccc2-c2cc3c4cc(-c5ccc6oc7cccc(-c8cccc(-c9nc(-c%10ccccc%10)nc(C%10C=CC=CC%10)n9)c8)c7c6c5)ccc4n(-c4ccccc4)c3nc21. The number of aromatic nitrogens is 5. The molecule has 0 saturated heterocycles. The van der Waals surface area contributed by atoms with E-state index in [1.54, 1.807) is 0 Å². The van der Waals surface area contributed by atoms with Gasteiger partial charge in [-0.05, 0) is 94.4 Å². The Bertz CT molecular complexity index is 3780. The van der Waals surface area contributed by atoms with E-state index in [2.05, 4.69) is 194 Å². The second-order valence-electron chi connectivity index (χ2n) is 17.8. The molecule has 1 unspecified atom stereocenters. The van der Waals surface area contributed by atoms with E-state index in [9.17, 15) is 0 Å². The fraction of sp³-hybridized carbons (Fsp3) is 0.0847. The number of furan rings is 1. The van der Waals surface area contributed by atoms with Gasteiger partial charge in [0.15, 0.2) is 11.6 Å². The first-order chi connectivity index (χ1) is 32.0. The Labute approximate surface area is 375 Å². The molecule has 6 heteroatoms. The van der Waals surface area contributed by atoms with E-state index in [1.165, 1.54) is 22.1 Å². The van der Waals surface area contributed by atoms with Gasteiger partial charge in [-0.1, -0.05) is 153 Å². The summed E-state index contributed by atoms with van der Waals surface area (Å²) < 4.78 is 8.90. The van der Waals surface area contributed by atoms with E-state index < -0.39 is 0 Å². The van der Waals surface area contributed by atoms with Gasteiger partial charge in [0.2, 0.25) is 0 Å². The molecule has 0 aliphatic heterocycles. The summed E-state index contributed by atoms with van der Waals surface area (Å²) in [4.78, 5) is 20.7. The van der Waals surface area contributed by atoms with Crippen molar-refractivity contribution in [1.29, 1.82) is 0 Å². The maximum atomic E-state index is 6.58. The predicted octanol–water partition coefficient (Wildman–Crippen LogP) is 14.8. The first kappa shape index (κ1) is 37.3. The highest BCUT2D eigenvalue weighted by molar-refractivity contribution is 6.14. The van der Waals surface area contributed by atoms with Crippen molar-refractivity contribution in [3.05, 3.63) is 211 Å². The van der Waals surface area contributed by atoms with Crippen molar-refractivity contribution in [3.63, 3.8) is 0 Å². The third-order valence-electron chi connectivity index (χ3n) is 13.5. The van der Waals surface area contributed by atoms with E-state index in [0.29, 0.717) is 11.6 Å². The molecule has 13 rings (SSSR count). The van der Waals surface area contributed by atoms with Gasteiger partial charge in [-0.3, -0.25) is 4.57 Å². The van der Waals surface area contributed by atoms with Crippen LogP contribution in [0.5, 0.6) is 0 Å². The van der Waals surface area contributed by atoms with E-state index >= 15 is 0 Å². The van der Waals surface area contributed by atoms with Crippen molar-refractivity contribution in [1.82, 2.24) is 24.5 Å². The van der Waals surface area contributed by atoms with Gasteiger partial charge >= 0.3 is 0 Å². The molecule has 4 heterocycles. The molecule has 0 radical (unpaired) electrons. The normalized spacial score (nSPS) is 15.0. The van der Waals surface area contributed by atoms with Crippen LogP contribution in [0.15, 0.2) is 199 Å². The number of pyridine rings is 1. The number of hydrogen-bond donors (Lipinski definition) is 0. The van der Waals surface area contributed by atoms with E-state index in [4.69, 9.17) is 24.4 Å². The van der Waals surface area contributed by atoms with Gasteiger partial charge in [-0.15, -0.1) is 0 Å². The van der Waals surface area contributed by atoms with E-state index in [0.717, 1.165) is 95.5 Å². The summed E-state index contributed by atoms with van der Waals surface area (Å²) in [6.07, 6.45) is 9.35. The molecule has 0 fully saturated rings. The van der Waals surface area contributed by atoms with E-state index in [-0.39, 0.29) is 11.3 Å². The molecule has 6 nitrogen and oxygen atoms in total. The monoisotopic (exact) mass is 835 g/mol. The molecule has 7 aromatic carbocycles. The number of rotatable bonds is 6. The van der Waals surface area contributed by atoms with Crippen molar-refractivity contribution < 1.29 is 4.42 Å². The van der Waals surface area contributed by atoms with Crippen LogP contribution in [-0.2, 0) is 5.41 Å². The van der Waals surface area contributed by atoms with Gasteiger partial charge in [0.05, 0.1) is 11.2 Å². The number of fused-ring (bicyclic) bond motifs is 9. The second-order valence-corrected chi connectivity index (χ2v) is 17.8. The van der Waals surface area contributed by atoms with Gasteiger partial charge in [0.25, 0.3) is 0 Å². The molecule has 4 aromatic heterocycles. The van der Waals surface area contributed by atoms with Crippen molar-refractivity contribution >= 4 is 43.9 Å². The van der Waals surface area contributed by atoms with Gasteiger partial charge in [0, 0.05) is 55.3 Å². The maximum Gasteiger partial charge on any atom is 0.163 e. The Morgan fingerprint density at radius 1 is 0.523 bits per heavy atom. The Morgan fingerprint density at radius 2 is 1.23 bits per heavy atom. The number of nitrogens with zero attached hydrogens (tertiary/aromatic N) is 5. The molecular weight excluding hydrogens is 795 g/mol. The third kappa shape index (κ3) is 5.94. The number of allylic oxidation sites excluding steroid dienone is 4. The van der Waals surface area contributed by atoms with Crippen LogP contribution >= 0.6 is 0 Å². The maximum absolute atomic E-state index is 6.58. The molecular formula is C59H41N5O. The fourth-order valence-electron chi connectivity index (χ4n) is 10.3. The van der Waals surface area contributed by atoms with Crippen LogP contribution in [0.2, 0.25) is 0 Å². The molecule has 2 aliphatic carbocycles. The highest BCUT2D eigenvalue weighted by Crippen LogP contribution is 2.50.